The molecular weight excluding hydrogens is 284 g/mol. The zero-order chi connectivity index (χ0) is 15.4. The van der Waals surface area contributed by atoms with Crippen LogP contribution >= 0.6 is 0 Å². The van der Waals surface area contributed by atoms with E-state index in [1.807, 2.05) is 11.8 Å². The first kappa shape index (κ1) is 15.2. The van der Waals surface area contributed by atoms with E-state index >= 15 is 0 Å². The van der Waals surface area contributed by atoms with Crippen LogP contribution < -0.4 is 4.74 Å². The van der Waals surface area contributed by atoms with Crippen molar-refractivity contribution in [3.63, 3.8) is 0 Å². The molecule has 1 amide bonds. The van der Waals surface area contributed by atoms with E-state index in [4.69, 9.17) is 9.47 Å². The Hall–Kier alpha value is -1.73. The molecule has 120 valence electrons. The Morgan fingerprint density at radius 3 is 2.82 bits per heavy atom. The van der Waals surface area contributed by atoms with Crippen molar-refractivity contribution in [1.29, 1.82) is 0 Å². The van der Waals surface area contributed by atoms with Gasteiger partial charge in [-0.25, -0.2) is 9.97 Å². The molecule has 0 saturated carbocycles. The first-order chi connectivity index (χ1) is 10.8. The number of aromatic nitrogens is 2. The van der Waals surface area contributed by atoms with E-state index in [0.29, 0.717) is 24.2 Å². The normalized spacial score (nSPS) is 22.8. The van der Waals surface area contributed by atoms with Gasteiger partial charge in [-0.1, -0.05) is 0 Å². The van der Waals surface area contributed by atoms with Crippen molar-refractivity contribution >= 4 is 5.91 Å². The number of carbonyl (C=O) groups is 1. The standard InChI is InChI=1S/C15H22N4O3/c1-2-22-14-10-16-13(9-17-14)15(20)19-4-3-12(11-19)18-5-7-21-8-6-18/h9-10,12H,2-8,11H2,1H3. The number of carbonyl (C=O) groups excluding carboxylic acids is 1. The predicted molar refractivity (Wildman–Crippen MR) is 79.9 cm³/mol. The highest BCUT2D eigenvalue weighted by Gasteiger charge is 2.32. The summed E-state index contributed by atoms with van der Waals surface area (Å²) < 4.78 is 10.6. The van der Waals surface area contributed by atoms with Crippen LogP contribution in [0.2, 0.25) is 0 Å². The molecule has 1 aromatic rings. The van der Waals surface area contributed by atoms with E-state index in [1.165, 1.54) is 12.4 Å². The molecule has 2 aliphatic heterocycles. The molecule has 0 radical (unpaired) electrons. The lowest BCUT2D eigenvalue weighted by Gasteiger charge is -2.32. The average Bonchev–Trinajstić information content (AvgIpc) is 3.06. The fourth-order valence-corrected chi connectivity index (χ4v) is 2.98. The van der Waals surface area contributed by atoms with Gasteiger partial charge in [-0.05, 0) is 13.3 Å². The van der Waals surface area contributed by atoms with Gasteiger partial charge in [0, 0.05) is 32.2 Å². The maximum Gasteiger partial charge on any atom is 0.274 e. The molecule has 0 aliphatic carbocycles. The van der Waals surface area contributed by atoms with Crippen molar-refractivity contribution in [2.75, 3.05) is 46.0 Å². The maximum atomic E-state index is 12.5. The molecule has 7 heteroatoms. The summed E-state index contributed by atoms with van der Waals surface area (Å²) in [4.78, 5) is 25.0. The molecular formula is C15H22N4O3. The van der Waals surface area contributed by atoms with Gasteiger partial charge in [0.2, 0.25) is 5.88 Å². The monoisotopic (exact) mass is 306 g/mol. The molecule has 0 aromatic carbocycles. The topological polar surface area (TPSA) is 67.8 Å². The number of hydrogen-bond donors (Lipinski definition) is 0. The van der Waals surface area contributed by atoms with Crippen molar-refractivity contribution in [1.82, 2.24) is 19.8 Å². The van der Waals surface area contributed by atoms with Gasteiger partial charge >= 0.3 is 0 Å². The molecule has 1 aromatic heterocycles. The second kappa shape index (κ2) is 7.02. The highest BCUT2D eigenvalue weighted by molar-refractivity contribution is 5.92. The first-order valence-corrected chi connectivity index (χ1v) is 7.84. The van der Waals surface area contributed by atoms with Gasteiger partial charge in [-0.2, -0.15) is 0 Å². The van der Waals surface area contributed by atoms with Crippen LogP contribution in [0.5, 0.6) is 5.88 Å². The number of amides is 1. The maximum absolute atomic E-state index is 12.5. The second-order valence-electron chi connectivity index (χ2n) is 5.51. The summed E-state index contributed by atoms with van der Waals surface area (Å²) >= 11 is 0. The van der Waals surface area contributed by atoms with Gasteiger partial charge in [0.1, 0.15) is 5.69 Å². The van der Waals surface area contributed by atoms with Gasteiger partial charge in [0.25, 0.3) is 5.91 Å². The number of rotatable bonds is 4. The molecule has 0 bridgehead atoms. The van der Waals surface area contributed by atoms with Crippen molar-refractivity contribution < 1.29 is 14.3 Å². The van der Waals surface area contributed by atoms with Crippen molar-refractivity contribution in [2.24, 2.45) is 0 Å². The summed E-state index contributed by atoms with van der Waals surface area (Å²) in [5, 5.41) is 0. The molecule has 3 rings (SSSR count). The summed E-state index contributed by atoms with van der Waals surface area (Å²) in [5.41, 5.74) is 0.381. The molecule has 3 heterocycles. The molecule has 1 unspecified atom stereocenters. The van der Waals surface area contributed by atoms with Gasteiger partial charge in [0.15, 0.2) is 0 Å². The lowest BCUT2D eigenvalue weighted by atomic mass is 10.2. The predicted octanol–water partition coefficient (Wildman–Crippen LogP) is 0.422. The minimum Gasteiger partial charge on any atom is -0.477 e. The van der Waals surface area contributed by atoms with Gasteiger partial charge in [-0.15, -0.1) is 0 Å². The summed E-state index contributed by atoms with van der Waals surface area (Å²) in [6.07, 6.45) is 4.01. The Kier molecular flexibility index (Phi) is 4.84. The number of ether oxygens (including phenoxy) is 2. The number of morpholine rings is 1. The fourth-order valence-electron chi connectivity index (χ4n) is 2.98. The Labute approximate surface area is 130 Å². The van der Waals surface area contributed by atoms with Crippen LogP contribution in [-0.2, 0) is 4.74 Å². The van der Waals surface area contributed by atoms with Gasteiger partial charge in [0.05, 0.1) is 32.2 Å². The van der Waals surface area contributed by atoms with E-state index in [9.17, 15) is 4.79 Å². The summed E-state index contributed by atoms with van der Waals surface area (Å²) in [6, 6.07) is 0.434. The minimum atomic E-state index is -0.0497. The second-order valence-corrected chi connectivity index (χ2v) is 5.51. The van der Waals surface area contributed by atoms with Crippen LogP contribution in [-0.4, -0.2) is 77.7 Å². The van der Waals surface area contributed by atoms with Crippen LogP contribution in [0, 0.1) is 0 Å². The molecule has 0 spiro atoms. The quantitative estimate of drug-likeness (QED) is 0.803. The number of hydrogen-bond acceptors (Lipinski definition) is 6. The average molecular weight is 306 g/mol. The zero-order valence-electron chi connectivity index (χ0n) is 12.9. The molecule has 2 fully saturated rings. The summed E-state index contributed by atoms with van der Waals surface area (Å²) in [6.45, 7) is 7.43. The zero-order valence-corrected chi connectivity index (χ0v) is 12.9. The third-order valence-electron chi connectivity index (χ3n) is 4.15. The Bertz CT molecular complexity index is 502. The van der Waals surface area contributed by atoms with Gasteiger partial charge in [-0.3, -0.25) is 9.69 Å². The lowest BCUT2D eigenvalue weighted by molar-refractivity contribution is 0.0185. The molecule has 7 nitrogen and oxygen atoms in total. The van der Waals surface area contributed by atoms with Crippen molar-refractivity contribution in [2.45, 2.75) is 19.4 Å². The molecule has 22 heavy (non-hydrogen) atoms. The Balaban J connectivity index is 1.58. The van der Waals surface area contributed by atoms with Crippen LogP contribution in [0.4, 0.5) is 0 Å². The largest absolute Gasteiger partial charge is 0.477 e. The SMILES string of the molecule is CCOc1cnc(C(=O)N2CCC(N3CCOCC3)C2)cn1. The van der Waals surface area contributed by atoms with Crippen molar-refractivity contribution in [3.05, 3.63) is 18.1 Å². The number of nitrogens with zero attached hydrogens (tertiary/aromatic N) is 4. The lowest BCUT2D eigenvalue weighted by Crippen LogP contribution is -2.45. The summed E-state index contributed by atoms with van der Waals surface area (Å²) in [7, 11) is 0. The van der Waals surface area contributed by atoms with Crippen LogP contribution in [0.15, 0.2) is 12.4 Å². The van der Waals surface area contributed by atoms with E-state index < -0.39 is 0 Å². The third kappa shape index (κ3) is 3.36. The van der Waals surface area contributed by atoms with Crippen LogP contribution in [0.3, 0.4) is 0 Å². The van der Waals surface area contributed by atoms with E-state index in [-0.39, 0.29) is 5.91 Å². The number of likely N-dealkylation sites (tertiary alicyclic amines) is 1. The van der Waals surface area contributed by atoms with Crippen molar-refractivity contribution in [3.8, 4) is 5.88 Å². The highest BCUT2D eigenvalue weighted by atomic mass is 16.5. The Morgan fingerprint density at radius 2 is 2.14 bits per heavy atom. The summed E-state index contributed by atoms with van der Waals surface area (Å²) in [5.74, 6) is 0.401. The first-order valence-electron chi connectivity index (χ1n) is 7.84. The van der Waals surface area contributed by atoms with Gasteiger partial charge < -0.3 is 14.4 Å². The molecule has 2 aliphatic rings. The molecule has 1 atom stereocenters. The van der Waals surface area contributed by atoms with Crippen LogP contribution in [0.25, 0.3) is 0 Å². The highest BCUT2D eigenvalue weighted by Crippen LogP contribution is 2.18. The smallest absolute Gasteiger partial charge is 0.274 e. The minimum absolute atomic E-state index is 0.0497. The molecule has 0 N–H and O–H groups in total. The van der Waals surface area contributed by atoms with E-state index in [2.05, 4.69) is 14.9 Å². The molecule has 2 saturated heterocycles. The van der Waals surface area contributed by atoms with E-state index in [1.54, 1.807) is 0 Å². The van der Waals surface area contributed by atoms with E-state index in [0.717, 1.165) is 45.8 Å². The third-order valence-corrected chi connectivity index (χ3v) is 4.15. The fraction of sp³-hybridized carbons (Fsp3) is 0.667. The Morgan fingerprint density at radius 1 is 1.32 bits per heavy atom. The van der Waals surface area contributed by atoms with Crippen LogP contribution in [0.1, 0.15) is 23.8 Å².